The van der Waals surface area contributed by atoms with Gasteiger partial charge in [-0.2, -0.15) is 0 Å². The highest BCUT2D eigenvalue weighted by atomic mass is 16.6. The maximum atomic E-state index is 11.8. The van der Waals surface area contributed by atoms with E-state index in [0.29, 0.717) is 19.4 Å². The summed E-state index contributed by atoms with van der Waals surface area (Å²) in [6, 6.07) is -1.19. The van der Waals surface area contributed by atoms with Gasteiger partial charge < -0.3 is 31.5 Å². The van der Waals surface area contributed by atoms with Crippen LogP contribution in [0, 0.1) is 0 Å². The largest absolute Gasteiger partial charge is 0.481 e. The van der Waals surface area contributed by atoms with Gasteiger partial charge in [-0.25, -0.2) is 4.79 Å². The van der Waals surface area contributed by atoms with E-state index in [-0.39, 0.29) is 6.42 Å². The lowest BCUT2D eigenvalue weighted by Gasteiger charge is -2.27. The van der Waals surface area contributed by atoms with Crippen molar-refractivity contribution in [1.29, 1.82) is 0 Å². The number of esters is 1. The third-order valence-corrected chi connectivity index (χ3v) is 2.83. The molecule has 10 heteroatoms. The minimum Gasteiger partial charge on any atom is -0.481 e. The summed E-state index contributed by atoms with van der Waals surface area (Å²) in [5.41, 5.74) is 8.11. The molecule has 0 unspecified atom stereocenters. The molecule has 22 heavy (non-hydrogen) atoms. The van der Waals surface area contributed by atoms with Crippen LogP contribution in [-0.2, 0) is 23.9 Å². The summed E-state index contributed by atoms with van der Waals surface area (Å²) in [5.74, 6) is -6.26. The van der Waals surface area contributed by atoms with Gasteiger partial charge >= 0.3 is 23.9 Å². The molecular formula is C12H20N2O8. The van der Waals surface area contributed by atoms with E-state index in [4.69, 9.17) is 26.8 Å². The number of hydrogen-bond donors (Lipinski definition) is 5. The lowest BCUT2D eigenvalue weighted by molar-refractivity contribution is -0.187. The Kier molecular flexibility index (Phi) is 8.05. The molecule has 0 radical (unpaired) electrons. The van der Waals surface area contributed by atoms with Gasteiger partial charge in [0.1, 0.15) is 6.04 Å². The minimum atomic E-state index is -2.69. The minimum absolute atomic E-state index is 0.159. The Bertz CT molecular complexity index is 421. The van der Waals surface area contributed by atoms with Gasteiger partial charge in [0, 0.05) is 0 Å². The Labute approximate surface area is 126 Å². The second-order valence-corrected chi connectivity index (χ2v) is 4.75. The number of carboxylic acid groups (broad SMARTS) is 3. The van der Waals surface area contributed by atoms with Gasteiger partial charge in [-0.3, -0.25) is 14.4 Å². The van der Waals surface area contributed by atoms with Crippen LogP contribution < -0.4 is 11.5 Å². The monoisotopic (exact) mass is 320 g/mol. The summed E-state index contributed by atoms with van der Waals surface area (Å²) in [5, 5.41) is 26.6. The smallest absolute Gasteiger partial charge is 0.349 e. The van der Waals surface area contributed by atoms with Crippen molar-refractivity contribution in [3.63, 3.8) is 0 Å². The van der Waals surface area contributed by atoms with Crippen molar-refractivity contribution < 1.29 is 39.2 Å². The van der Waals surface area contributed by atoms with Crippen molar-refractivity contribution in [3.05, 3.63) is 0 Å². The van der Waals surface area contributed by atoms with Gasteiger partial charge in [-0.15, -0.1) is 0 Å². The predicted molar refractivity (Wildman–Crippen MR) is 71.8 cm³/mol. The maximum absolute atomic E-state index is 11.8. The van der Waals surface area contributed by atoms with Crippen LogP contribution in [0.15, 0.2) is 0 Å². The molecule has 0 aliphatic carbocycles. The zero-order chi connectivity index (χ0) is 17.3. The first kappa shape index (κ1) is 19.8. The number of carbonyl (C=O) groups is 4. The molecule has 0 saturated carbocycles. The number of aliphatic carboxylic acids is 3. The van der Waals surface area contributed by atoms with Crippen LogP contribution in [0.4, 0.5) is 0 Å². The number of hydrogen-bond acceptors (Lipinski definition) is 7. The molecule has 0 aromatic carbocycles. The molecule has 0 aromatic heterocycles. The van der Waals surface area contributed by atoms with Gasteiger partial charge in [0.15, 0.2) is 0 Å². The molecule has 0 aromatic rings. The highest BCUT2D eigenvalue weighted by molar-refractivity contribution is 5.91. The number of carboxylic acids is 3. The van der Waals surface area contributed by atoms with Gasteiger partial charge in [0.05, 0.1) is 12.8 Å². The first-order chi connectivity index (χ1) is 10.1. The highest BCUT2D eigenvalue weighted by Crippen LogP contribution is 2.23. The zero-order valence-electron chi connectivity index (χ0n) is 11.9. The van der Waals surface area contributed by atoms with Crippen molar-refractivity contribution in [2.45, 2.75) is 43.7 Å². The SMILES string of the molecule is NCCCC[C@H](N)C(=O)OC(CC(=O)O)(CC(=O)O)C(=O)O. The average molecular weight is 320 g/mol. The Morgan fingerprint density at radius 2 is 1.50 bits per heavy atom. The van der Waals surface area contributed by atoms with Crippen LogP contribution in [0.1, 0.15) is 32.1 Å². The zero-order valence-corrected chi connectivity index (χ0v) is 11.9. The van der Waals surface area contributed by atoms with Crippen molar-refractivity contribution in [2.24, 2.45) is 11.5 Å². The van der Waals surface area contributed by atoms with Crippen LogP contribution in [-0.4, -0.2) is 57.4 Å². The fraction of sp³-hybridized carbons (Fsp3) is 0.667. The summed E-state index contributed by atoms with van der Waals surface area (Å²) in [6.07, 6.45) is -1.13. The number of unbranched alkanes of at least 4 members (excludes halogenated alkanes) is 1. The van der Waals surface area contributed by atoms with E-state index < -0.39 is 48.4 Å². The normalized spacial score (nSPS) is 12.5. The quantitative estimate of drug-likeness (QED) is 0.227. The van der Waals surface area contributed by atoms with Gasteiger partial charge in [0.2, 0.25) is 5.60 Å². The maximum Gasteiger partial charge on any atom is 0.349 e. The van der Waals surface area contributed by atoms with Crippen LogP contribution in [0.3, 0.4) is 0 Å². The van der Waals surface area contributed by atoms with E-state index in [9.17, 15) is 19.2 Å². The first-order valence-corrected chi connectivity index (χ1v) is 6.50. The van der Waals surface area contributed by atoms with Crippen molar-refractivity contribution in [2.75, 3.05) is 6.54 Å². The molecule has 0 aliphatic rings. The Hall–Kier alpha value is -2.20. The average Bonchev–Trinajstić information content (AvgIpc) is 2.36. The number of rotatable bonds is 11. The molecule has 7 N–H and O–H groups in total. The second-order valence-electron chi connectivity index (χ2n) is 4.75. The standard InChI is InChI=1S/C12H20N2O8/c13-4-2-1-3-7(14)10(19)22-12(11(20)21,5-8(15)16)6-9(17)18/h7H,1-6,13-14H2,(H,15,16)(H,17,18)(H,20,21)/t7-/m0/s1. The molecule has 126 valence electrons. The van der Waals surface area contributed by atoms with Crippen molar-refractivity contribution >= 4 is 23.9 Å². The first-order valence-electron chi connectivity index (χ1n) is 6.50. The molecule has 0 bridgehead atoms. The fourth-order valence-electron chi connectivity index (χ4n) is 1.71. The van der Waals surface area contributed by atoms with E-state index in [0.717, 1.165) is 0 Å². The Morgan fingerprint density at radius 3 is 1.86 bits per heavy atom. The van der Waals surface area contributed by atoms with Crippen LogP contribution in [0.5, 0.6) is 0 Å². The van der Waals surface area contributed by atoms with E-state index in [1.165, 1.54) is 0 Å². The van der Waals surface area contributed by atoms with E-state index in [2.05, 4.69) is 4.74 Å². The molecule has 0 amide bonds. The molecule has 10 nitrogen and oxygen atoms in total. The van der Waals surface area contributed by atoms with E-state index in [1.54, 1.807) is 0 Å². The third kappa shape index (κ3) is 6.50. The lowest BCUT2D eigenvalue weighted by atomic mass is 9.95. The Balaban J connectivity index is 5.09. The molecule has 0 aliphatic heterocycles. The molecule has 0 fully saturated rings. The lowest BCUT2D eigenvalue weighted by Crippen LogP contribution is -2.50. The Morgan fingerprint density at radius 1 is 1.00 bits per heavy atom. The highest BCUT2D eigenvalue weighted by Gasteiger charge is 2.47. The summed E-state index contributed by atoms with van der Waals surface area (Å²) in [6.45, 7) is 0.388. The number of ether oxygens (including phenoxy) is 1. The molecular weight excluding hydrogens is 300 g/mol. The van der Waals surface area contributed by atoms with Crippen LogP contribution >= 0.6 is 0 Å². The predicted octanol–water partition coefficient (Wildman–Crippen LogP) is -1.24. The molecule has 0 spiro atoms. The van der Waals surface area contributed by atoms with Crippen molar-refractivity contribution in [1.82, 2.24) is 0 Å². The number of nitrogens with two attached hydrogens (primary N) is 2. The van der Waals surface area contributed by atoms with Gasteiger partial charge in [-0.05, 0) is 19.4 Å². The fourth-order valence-corrected chi connectivity index (χ4v) is 1.71. The summed E-state index contributed by atoms with van der Waals surface area (Å²) in [4.78, 5) is 44.6. The molecule has 0 heterocycles. The molecule has 0 saturated heterocycles. The summed E-state index contributed by atoms with van der Waals surface area (Å²) >= 11 is 0. The van der Waals surface area contributed by atoms with Crippen LogP contribution in [0.25, 0.3) is 0 Å². The van der Waals surface area contributed by atoms with Crippen LogP contribution in [0.2, 0.25) is 0 Å². The summed E-state index contributed by atoms with van der Waals surface area (Å²) in [7, 11) is 0. The van der Waals surface area contributed by atoms with E-state index >= 15 is 0 Å². The van der Waals surface area contributed by atoms with Gasteiger partial charge in [0.25, 0.3) is 0 Å². The third-order valence-electron chi connectivity index (χ3n) is 2.83. The number of carbonyl (C=O) groups excluding carboxylic acids is 1. The van der Waals surface area contributed by atoms with E-state index in [1.807, 2.05) is 0 Å². The second kappa shape index (κ2) is 8.95. The summed E-state index contributed by atoms with van der Waals surface area (Å²) < 4.78 is 4.66. The molecule has 0 rings (SSSR count). The topological polar surface area (TPSA) is 190 Å². The van der Waals surface area contributed by atoms with Gasteiger partial charge in [-0.1, -0.05) is 6.42 Å². The molecule has 1 atom stereocenters. The van der Waals surface area contributed by atoms with Crippen molar-refractivity contribution in [3.8, 4) is 0 Å².